The van der Waals surface area contributed by atoms with Crippen molar-refractivity contribution in [1.29, 1.82) is 0 Å². The van der Waals surface area contributed by atoms with E-state index >= 15 is 0 Å². The van der Waals surface area contributed by atoms with Crippen molar-refractivity contribution in [3.05, 3.63) is 140 Å². The third-order valence-electron chi connectivity index (χ3n) is 7.29. The molecule has 194 valence electrons. The van der Waals surface area contributed by atoms with Gasteiger partial charge in [0.1, 0.15) is 0 Å². The van der Waals surface area contributed by atoms with E-state index in [0.29, 0.717) is 0 Å². The third kappa shape index (κ3) is 5.23. The monoisotopic (exact) mass is 517 g/mol. The van der Waals surface area contributed by atoms with E-state index in [2.05, 4.69) is 138 Å². The van der Waals surface area contributed by atoms with E-state index in [1.807, 2.05) is 26.2 Å². The Kier molecular flexibility index (Phi) is 7.11. The van der Waals surface area contributed by atoms with Crippen molar-refractivity contribution < 1.29 is 0 Å². The maximum absolute atomic E-state index is 5.09. The standard InChI is InChI=1S/C37H31N3/c1-38-33-20-17-27(18-21-33)31-19-22-35(39-2)34(23-31)28-13-15-30(16-14-28)37-25-32(26-9-5-3-6-10-26)24-36(40-37)29-11-7-4-8-12-29/h3-25,38-39H,1-2H3. The van der Waals surface area contributed by atoms with Crippen LogP contribution in [0.25, 0.3) is 55.9 Å². The fraction of sp³-hybridized carbons (Fsp3) is 0.0541. The van der Waals surface area contributed by atoms with Gasteiger partial charge in [0.15, 0.2) is 0 Å². The highest BCUT2D eigenvalue weighted by Gasteiger charge is 2.11. The molecule has 0 saturated heterocycles. The summed E-state index contributed by atoms with van der Waals surface area (Å²) in [7, 11) is 3.91. The minimum absolute atomic E-state index is 0.957. The van der Waals surface area contributed by atoms with Crippen LogP contribution in [0, 0.1) is 0 Å². The first kappa shape index (κ1) is 25.1. The van der Waals surface area contributed by atoms with Gasteiger partial charge in [-0.3, -0.25) is 0 Å². The number of benzene rings is 5. The van der Waals surface area contributed by atoms with E-state index in [1.165, 1.54) is 22.3 Å². The summed E-state index contributed by atoms with van der Waals surface area (Å²) in [5, 5.41) is 6.56. The van der Waals surface area contributed by atoms with Gasteiger partial charge < -0.3 is 10.6 Å². The van der Waals surface area contributed by atoms with Crippen LogP contribution in [0.5, 0.6) is 0 Å². The smallest absolute Gasteiger partial charge is 0.0715 e. The van der Waals surface area contributed by atoms with E-state index in [-0.39, 0.29) is 0 Å². The average molecular weight is 518 g/mol. The summed E-state index contributed by atoms with van der Waals surface area (Å²) in [5.41, 5.74) is 13.4. The van der Waals surface area contributed by atoms with Crippen molar-refractivity contribution in [3.63, 3.8) is 0 Å². The van der Waals surface area contributed by atoms with Gasteiger partial charge in [-0.2, -0.15) is 0 Å². The van der Waals surface area contributed by atoms with Crippen LogP contribution in [0.1, 0.15) is 0 Å². The first-order valence-corrected chi connectivity index (χ1v) is 13.6. The van der Waals surface area contributed by atoms with Gasteiger partial charge in [0.25, 0.3) is 0 Å². The molecule has 0 aliphatic rings. The van der Waals surface area contributed by atoms with E-state index < -0.39 is 0 Å². The van der Waals surface area contributed by atoms with Crippen LogP contribution in [-0.2, 0) is 0 Å². The zero-order valence-corrected chi connectivity index (χ0v) is 22.7. The second-order valence-electron chi connectivity index (χ2n) is 9.77. The summed E-state index contributed by atoms with van der Waals surface area (Å²) in [6.45, 7) is 0. The van der Waals surface area contributed by atoms with Crippen molar-refractivity contribution >= 4 is 11.4 Å². The first-order valence-electron chi connectivity index (χ1n) is 13.6. The molecule has 6 rings (SSSR count). The summed E-state index contributed by atoms with van der Waals surface area (Å²) in [5.74, 6) is 0. The molecule has 3 heteroatoms. The SMILES string of the molecule is CNc1ccc(-c2ccc(NC)c(-c3ccc(-c4cc(-c5ccccc5)cc(-c5ccccc5)n4)cc3)c2)cc1. The number of aromatic nitrogens is 1. The molecule has 2 N–H and O–H groups in total. The van der Waals surface area contributed by atoms with E-state index in [1.54, 1.807) is 0 Å². The van der Waals surface area contributed by atoms with Gasteiger partial charge in [0, 0.05) is 42.2 Å². The molecule has 0 bridgehead atoms. The molecule has 0 saturated carbocycles. The topological polar surface area (TPSA) is 37.0 Å². The van der Waals surface area contributed by atoms with Gasteiger partial charge in [-0.1, -0.05) is 103 Å². The molecule has 0 unspecified atom stereocenters. The number of nitrogens with zero attached hydrogens (tertiary/aromatic N) is 1. The fourth-order valence-electron chi connectivity index (χ4n) is 5.06. The molecule has 0 amide bonds. The minimum atomic E-state index is 0.957. The molecule has 5 aromatic carbocycles. The predicted molar refractivity (Wildman–Crippen MR) is 171 cm³/mol. The molecule has 6 aromatic rings. The van der Waals surface area contributed by atoms with E-state index in [0.717, 1.165) is 45.0 Å². The Morgan fingerprint density at radius 3 is 1.50 bits per heavy atom. The normalized spacial score (nSPS) is 10.8. The summed E-state index contributed by atoms with van der Waals surface area (Å²) in [6, 6.07) is 49.1. The fourth-order valence-corrected chi connectivity index (χ4v) is 5.06. The van der Waals surface area contributed by atoms with Crippen molar-refractivity contribution in [3.8, 4) is 55.9 Å². The summed E-state index contributed by atoms with van der Waals surface area (Å²) >= 11 is 0. The van der Waals surface area contributed by atoms with Crippen LogP contribution in [0.3, 0.4) is 0 Å². The van der Waals surface area contributed by atoms with Crippen LogP contribution in [0.2, 0.25) is 0 Å². The zero-order valence-electron chi connectivity index (χ0n) is 22.7. The molecular weight excluding hydrogens is 486 g/mol. The van der Waals surface area contributed by atoms with Crippen molar-refractivity contribution in [1.82, 2.24) is 4.98 Å². The maximum atomic E-state index is 5.09. The van der Waals surface area contributed by atoms with Crippen LogP contribution < -0.4 is 10.6 Å². The van der Waals surface area contributed by atoms with Crippen LogP contribution >= 0.6 is 0 Å². The highest BCUT2D eigenvalue weighted by molar-refractivity contribution is 5.84. The van der Waals surface area contributed by atoms with Crippen LogP contribution in [0.15, 0.2) is 140 Å². The maximum Gasteiger partial charge on any atom is 0.0715 e. The second kappa shape index (κ2) is 11.3. The number of hydrogen-bond donors (Lipinski definition) is 2. The molecule has 0 spiro atoms. The largest absolute Gasteiger partial charge is 0.388 e. The number of anilines is 2. The highest BCUT2D eigenvalue weighted by atomic mass is 14.8. The van der Waals surface area contributed by atoms with Gasteiger partial charge in [-0.15, -0.1) is 0 Å². The Balaban J connectivity index is 1.39. The molecular formula is C37H31N3. The summed E-state index contributed by atoms with van der Waals surface area (Å²) in [6.07, 6.45) is 0. The molecule has 0 aliphatic heterocycles. The Bertz CT molecular complexity index is 1670. The molecule has 0 fully saturated rings. The molecule has 0 radical (unpaired) electrons. The third-order valence-corrected chi connectivity index (χ3v) is 7.29. The van der Waals surface area contributed by atoms with Gasteiger partial charge in [-0.25, -0.2) is 4.98 Å². The van der Waals surface area contributed by atoms with Crippen LogP contribution in [0.4, 0.5) is 11.4 Å². The number of nitrogens with one attached hydrogen (secondary N) is 2. The quantitative estimate of drug-likeness (QED) is 0.221. The molecule has 0 aliphatic carbocycles. The summed E-state index contributed by atoms with van der Waals surface area (Å²) < 4.78 is 0. The molecule has 1 aromatic heterocycles. The van der Waals surface area contributed by atoms with Crippen LogP contribution in [-0.4, -0.2) is 19.1 Å². The van der Waals surface area contributed by atoms with Crippen molar-refractivity contribution in [2.75, 3.05) is 24.7 Å². The molecule has 0 atom stereocenters. The van der Waals surface area contributed by atoms with E-state index in [4.69, 9.17) is 4.98 Å². The Morgan fingerprint density at radius 2 is 0.900 bits per heavy atom. The number of hydrogen-bond acceptors (Lipinski definition) is 3. The lowest BCUT2D eigenvalue weighted by atomic mass is 9.95. The average Bonchev–Trinajstić information content (AvgIpc) is 3.05. The Labute approximate surface area is 236 Å². The molecule has 3 nitrogen and oxygen atoms in total. The van der Waals surface area contributed by atoms with Gasteiger partial charge in [0.05, 0.1) is 11.4 Å². The minimum Gasteiger partial charge on any atom is -0.388 e. The van der Waals surface area contributed by atoms with Gasteiger partial charge in [-0.05, 0) is 64.2 Å². The van der Waals surface area contributed by atoms with E-state index in [9.17, 15) is 0 Å². The lowest BCUT2D eigenvalue weighted by molar-refractivity contribution is 1.32. The first-order chi connectivity index (χ1) is 19.7. The Morgan fingerprint density at radius 1 is 0.400 bits per heavy atom. The highest BCUT2D eigenvalue weighted by Crippen LogP contribution is 2.35. The Hall–Kier alpha value is -5.15. The predicted octanol–water partition coefficient (Wildman–Crippen LogP) is 9.50. The lowest BCUT2D eigenvalue weighted by Crippen LogP contribution is -1.94. The second-order valence-corrected chi connectivity index (χ2v) is 9.77. The zero-order chi connectivity index (χ0) is 27.3. The van der Waals surface area contributed by atoms with Gasteiger partial charge in [0.2, 0.25) is 0 Å². The number of rotatable bonds is 7. The molecule has 1 heterocycles. The summed E-state index contributed by atoms with van der Waals surface area (Å²) in [4.78, 5) is 5.09. The van der Waals surface area contributed by atoms with Crippen molar-refractivity contribution in [2.24, 2.45) is 0 Å². The number of pyridine rings is 1. The van der Waals surface area contributed by atoms with Crippen molar-refractivity contribution in [2.45, 2.75) is 0 Å². The van der Waals surface area contributed by atoms with Gasteiger partial charge >= 0.3 is 0 Å². The molecule has 40 heavy (non-hydrogen) atoms. The lowest BCUT2D eigenvalue weighted by Gasteiger charge is -2.14.